The van der Waals surface area contributed by atoms with Gasteiger partial charge in [-0.15, -0.1) is 0 Å². The van der Waals surface area contributed by atoms with E-state index in [1.54, 1.807) is 11.3 Å². The minimum atomic E-state index is 0.520. The van der Waals surface area contributed by atoms with Crippen LogP contribution in [-0.2, 0) is 6.54 Å². The van der Waals surface area contributed by atoms with Crippen LogP contribution in [0.5, 0.6) is 0 Å². The summed E-state index contributed by atoms with van der Waals surface area (Å²) in [6.45, 7) is 5.85. The number of anilines is 1. The second-order valence-corrected chi connectivity index (χ2v) is 9.65. The van der Waals surface area contributed by atoms with Crippen LogP contribution in [0.4, 0.5) is 5.13 Å². The lowest BCUT2D eigenvalue weighted by Crippen LogP contribution is -2.38. The summed E-state index contributed by atoms with van der Waals surface area (Å²) in [6.07, 6.45) is 9.06. The fraction of sp³-hybridized carbons (Fsp3) is 0.619. The molecule has 0 radical (unpaired) electrons. The van der Waals surface area contributed by atoms with Gasteiger partial charge in [-0.2, -0.15) is 0 Å². The van der Waals surface area contributed by atoms with E-state index < -0.39 is 0 Å². The summed E-state index contributed by atoms with van der Waals surface area (Å²) in [7, 11) is 0. The predicted molar refractivity (Wildman–Crippen MR) is 120 cm³/mol. The second kappa shape index (κ2) is 8.84. The van der Waals surface area contributed by atoms with Gasteiger partial charge in [-0.3, -0.25) is 4.90 Å². The zero-order chi connectivity index (χ0) is 18.6. The molecule has 1 saturated carbocycles. The van der Waals surface area contributed by atoms with E-state index in [4.69, 9.17) is 17.2 Å². The van der Waals surface area contributed by atoms with E-state index in [9.17, 15) is 0 Å². The molecule has 1 saturated heterocycles. The van der Waals surface area contributed by atoms with E-state index in [1.165, 1.54) is 68.3 Å². The molecule has 0 atom stereocenters. The number of aromatic nitrogens is 1. The van der Waals surface area contributed by atoms with Gasteiger partial charge in [0.1, 0.15) is 0 Å². The van der Waals surface area contributed by atoms with Crippen LogP contribution in [0.2, 0.25) is 0 Å². The highest BCUT2D eigenvalue weighted by molar-refractivity contribution is 7.80. The molecule has 1 aromatic carbocycles. The van der Waals surface area contributed by atoms with Gasteiger partial charge >= 0.3 is 0 Å². The molecule has 2 N–H and O–H groups in total. The Balaban J connectivity index is 1.36. The van der Waals surface area contributed by atoms with Crippen LogP contribution < -0.4 is 10.6 Å². The molecule has 6 heteroatoms. The summed E-state index contributed by atoms with van der Waals surface area (Å²) in [5.41, 5.74) is 2.44. The highest BCUT2D eigenvalue weighted by Crippen LogP contribution is 2.28. The first kappa shape index (κ1) is 19.1. The third kappa shape index (κ3) is 5.18. The number of hydrogen-bond acceptors (Lipinski definition) is 4. The zero-order valence-electron chi connectivity index (χ0n) is 16.2. The number of thiazole rings is 1. The highest BCUT2D eigenvalue weighted by atomic mass is 32.1. The molecule has 2 heterocycles. The number of likely N-dealkylation sites (tertiary alicyclic amines) is 1. The van der Waals surface area contributed by atoms with Gasteiger partial charge in [0.15, 0.2) is 10.2 Å². The van der Waals surface area contributed by atoms with Crippen LogP contribution >= 0.6 is 23.6 Å². The third-order valence-electron chi connectivity index (χ3n) is 5.90. The van der Waals surface area contributed by atoms with Gasteiger partial charge in [-0.1, -0.05) is 43.6 Å². The Bertz CT molecular complexity index is 774. The summed E-state index contributed by atoms with van der Waals surface area (Å²) < 4.78 is 1.24. The summed E-state index contributed by atoms with van der Waals surface area (Å²) in [5, 5.41) is 8.37. The van der Waals surface area contributed by atoms with Crippen molar-refractivity contribution in [2.75, 3.05) is 18.4 Å². The smallest absolute Gasteiger partial charge is 0.190 e. The van der Waals surface area contributed by atoms with Crippen LogP contribution in [-0.4, -0.2) is 34.1 Å². The Morgan fingerprint density at radius 3 is 2.74 bits per heavy atom. The molecule has 0 spiro atoms. The zero-order valence-corrected chi connectivity index (χ0v) is 17.8. The molecule has 4 rings (SSSR count). The van der Waals surface area contributed by atoms with E-state index in [0.29, 0.717) is 11.2 Å². The maximum Gasteiger partial charge on any atom is 0.190 e. The van der Waals surface area contributed by atoms with Crippen molar-refractivity contribution in [3.05, 3.63) is 23.8 Å². The monoisotopic (exact) mass is 402 g/mol. The summed E-state index contributed by atoms with van der Waals surface area (Å²) in [4.78, 5) is 7.28. The number of benzene rings is 1. The first-order valence-corrected chi connectivity index (χ1v) is 11.6. The molecule has 1 aromatic heterocycles. The maximum absolute atomic E-state index is 5.50. The lowest BCUT2D eigenvalue weighted by molar-refractivity contribution is 0.185. The Kier molecular flexibility index (Phi) is 6.25. The molecule has 27 heavy (non-hydrogen) atoms. The van der Waals surface area contributed by atoms with Crippen molar-refractivity contribution in [3.63, 3.8) is 0 Å². The third-order valence-corrected chi connectivity index (χ3v) is 7.05. The largest absolute Gasteiger partial charge is 0.360 e. The van der Waals surface area contributed by atoms with Crippen LogP contribution in [0.25, 0.3) is 10.2 Å². The van der Waals surface area contributed by atoms with Gasteiger partial charge in [0.05, 0.1) is 10.2 Å². The van der Waals surface area contributed by atoms with Crippen molar-refractivity contribution in [1.29, 1.82) is 0 Å². The number of hydrogen-bond donors (Lipinski definition) is 2. The number of piperidine rings is 1. The topological polar surface area (TPSA) is 40.2 Å². The van der Waals surface area contributed by atoms with Crippen LogP contribution in [0.3, 0.4) is 0 Å². The molecule has 1 aliphatic heterocycles. The van der Waals surface area contributed by atoms with Gasteiger partial charge in [0.2, 0.25) is 0 Å². The molecule has 2 aromatic rings. The van der Waals surface area contributed by atoms with Crippen LogP contribution in [0.15, 0.2) is 18.2 Å². The average Bonchev–Trinajstić information content (AvgIpc) is 3.05. The van der Waals surface area contributed by atoms with Crippen molar-refractivity contribution in [3.8, 4) is 0 Å². The van der Waals surface area contributed by atoms with Crippen molar-refractivity contribution in [1.82, 2.24) is 15.2 Å². The van der Waals surface area contributed by atoms with Gasteiger partial charge in [-0.05, 0) is 74.6 Å². The molecule has 0 amide bonds. The molecule has 4 nitrogen and oxygen atoms in total. The van der Waals surface area contributed by atoms with Crippen molar-refractivity contribution in [2.24, 2.45) is 5.92 Å². The Morgan fingerprint density at radius 1 is 1.19 bits per heavy atom. The Hall–Kier alpha value is -1.24. The van der Waals surface area contributed by atoms with E-state index in [1.807, 2.05) is 0 Å². The van der Waals surface area contributed by atoms with Gasteiger partial charge in [-0.25, -0.2) is 4.98 Å². The number of thiocarbonyl (C=S) groups is 1. The summed E-state index contributed by atoms with van der Waals surface area (Å²) in [6, 6.07) is 7.19. The molecular formula is C21H30N4S2. The fourth-order valence-electron chi connectivity index (χ4n) is 4.16. The number of fused-ring (bicyclic) bond motifs is 1. The van der Waals surface area contributed by atoms with Crippen molar-refractivity contribution in [2.45, 2.75) is 64.5 Å². The lowest BCUT2D eigenvalue weighted by Gasteiger charge is -2.30. The highest BCUT2D eigenvalue weighted by Gasteiger charge is 2.17. The maximum atomic E-state index is 5.50. The first-order chi connectivity index (χ1) is 13.2. The summed E-state index contributed by atoms with van der Waals surface area (Å²) in [5.74, 6) is 0.880. The second-order valence-electron chi connectivity index (χ2n) is 8.21. The van der Waals surface area contributed by atoms with E-state index in [2.05, 4.69) is 40.7 Å². The number of nitrogens with one attached hydrogen (secondary N) is 2. The van der Waals surface area contributed by atoms with Gasteiger partial charge in [0.25, 0.3) is 0 Å². The molecule has 0 unspecified atom stereocenters. The van der Waals surface area contributed by atoms with E-state index in [-0.39, 0.29) is 0 Å². The molecule has 2 fully saturated rings. The van der Waals surface area contributed by atoms with E-state index >= 15 is 0 Å². The van der Waals surface area contributed by atoms with Crippen molar-refractivity contribution >= 4 is 44.0 Å². The Morgan fingerprint density at radius 2 is 1.96 bits per heavy atom. The molecule has 1 aliphatic carbocycles. The minimum absolute atomic E-state index is 0.520. The van der Waals surface area contributed by atoms with Crippen molar-refractivity contribution < 1.29 is 0 Å². The average molecular weight is 403 g/mol. The standard InChI is InChI=1S/C21H30N4S2/c1-15-9-11-25(12-10-15)14-16-7-8-18-19(13-16)27-21(23-18)24-20(26)22-17-5-3-2-4-6-17/h7-8,13,15,17H,2-6,9-12,14H2,1H3,(H2,22,23,24,26). The van der Waals surface area contributed by atoms with E-state index in [0.717, 1.165) is 23.1 Å². The molecule has 146 valence electrons. The van der Waals surface area contributed by atoms with Crippen LogP contribution in [0.1, 0.15) is 57.4 Å². The summed E-state index contributed by atoms with van der Waals surface area (Å²) >= 11 is 7.20. The SMILES string of the molecule is CC1CCN(Cc2ccc3nc(NC(=S)NC4CCCCC4)sc3c2)CC1. The Labute approximate surface area is 171 Å². The quantitative estimate of drug-likeness (QED) is 0.692. The lowest BCUT2D eigenvalue weighted by atomic mass is 9.96. The van der Waals surface area contributed by atoms with Gasteiger partial charge in [0, 0.05) is 12.6 Å². The normalized spacial score (nSPS) is 20.0. The van der Waals surface area contributed by atoms with Crippen LogP contribution in [0, 0.1) is 5.92 Å². The molecular weight excluding hydrogens is 372 g/mol. The molecule has 0 bridgehead atoms. The van der Waals surface area contributed by atoms with Gasteiger partial charge < -0.3 is 10.6 Å². The fourth-order valence-corrected chi connectivity index (χ4v) is 5.43. The number of rotatable bonds is 4. The first-order valence-electron chi connectivity index (χ1n) is 10.3. The number of nitrogens with zero attached hydrogens (tertiary/aromatic N) is 2. The molecule has 2 aliphatic rings. The minimum Gasteiger partial charge on any atom is -0.360 e. The predicted octanol–water partition coefficient (Wildman–Crippen LogP) is 5.15.